The van der Waals surface area contributed by atoms with Gasteiger partial charge in [-0.1, -0.05) is 0 Å². The molecule has 1 radical (unpaired) electrons. The summed E-state index contributed by atoms with van der Waals surface area (Å²) in [7, 11) is 0. The van der Waals surface area contributed by atoms with Crippen molar-refractivity contribution in [2.75, 3.05) is 6.79 Å². The van der Waals surface area contributed by atoms with Crippen molar-refractivity contribution in [2.45, 2.75) is 6.54 Å². The Labute approximate surface area is 140 Å². The molecule has 0 unspecified atom stereocenters. The predicted octanol–water partition coefficient (Wildman–Crippen LogP) is 3.84. The van der Waals surface area contributed by atoms with E-state index in [2.05, 4.69) is 21.0 Å². The summed E-state index contributed by atoms with van der Waals surface area (Å²) in [5, 5.41) is 1.15. The van der Waals surface area contributed by atoms with Gasteiger partial charge in [-0.05, 0) is 0 Å². The van der Waals surface area contributed by atoms with Crippen molar-refractivity contribution in [2.24, 2.45) is 4.99 Å². The molecule has 0 aromatic heterocycles. The first-order chi connectivity index (χ1) is 10.1. The van der Waals surface area contributed by atoms with Crippen LogP contribution in [0.2, 0.25) is 10.0 Å². The number of aliphatic imine (C=N–C) groups is 1. The summed E-state index contributed by atoms with van der Waals surface area (Å²) in [5.41, 5.74) is 1.75. The second-order valence-corrected chi connectivity index (χ2v) is 6.03. The van der Waals surface area contributed by atoms with Gasteiger partial charge in [0.25, 0.3) is 0 Å². The maximum absolute atomic E-state index is 6.16. The Morgan fingerprint density at radius 3 is 2.57 bits per heavy atom. The molecule has 0 fully saturated rings. The van der Waals surface area contributed by atoms with Crippen molar-refractivity contribution in [3.8, 4) is 11.5 Å². The van der Waals surface area contributed by atoms with Crippen LogP contribution in [0.3, 0.4) is 0 Å². The molecule has 1 aliphatic heterocycles. The van der Waals surface area contributed by atoms with Gasteiger partial charge in [-0.25, -0.2) is 0 Å². The van der Waals surface area contributed by atoms with Crippen LogP contribution in [0.1, 0.15) is 11.1 Å². The number of benzene rings is 2. The Morgan fingerprint density at radius 2 is 1.81 bits per heavy atom. The summed E-state index contributed by atoms with van der Waals surface area (Å²) in [4.78, 5) is 4.51. The van der Waals surface area contributed by atoms with Crippen LogP contribution in [-0.4, -0.2) is 27.4 Å². The van der Waals surface area contributed by atoms with Crippen LogP contribution in [0.5, 0.6) is 11.5 Å². The molecule has 0 atom stereocenters. The molecule has 21 heavy (non-hydrogen) atoms. The van der Waals surface area contributed by atoms with E-state index in [4.69, 9.17) is 32.7 Å². The number of hydrogen-bond acceptors (Lipinski definition) is 3. The van der Waals surface area contributed by atoms with Gasteiger partial charge < -0.3 is 0 Å². The molecule has 3 rings (SSSR count). The first-order valence-corrected chi connectivity index (χ1v) is 7.81. The summed E-state index contributed by atoms with van der Waals surface area (Å²) < 4.78 is 11.3. The van der Waals surface area contributed by atoms with Crippen LogP contribution >= 0.6 is 23.2 Å². The monoisotopic (exact) mass is 386 g/mol. The van der Waals surface area contributed by atoms with Gasteiger partial charge >= 0.3 is 141 Å². The fraction of sp³-hybridized carbons (Fsp3) is 0.133. The molecular weight excluding hydrogens is 376 g/mol. The summed E-state index contributed by atoms with van der Waals surface area (Å²) in [5.74, 6) is 1.51. The number of hydrogen-bond donors (Lipinski definition) is 0. The quantitative estimate of drug-likeness (QED) is 0.593. The van der Waals surface area contributed by atoms with Crippen molar-refractivity contribution >= 4 is 43.8 Å². The Morgan fingerprint density at radius 1 is 1.10 bits per heavy atom. The molecule has 0 saturated heterocycles. The molecule has 3 nitrogen and oxygen atoms in total. The van der Waals surface area contributed by atoms with Crippen molar-refractivity contribution in [1.29, 1.82) is 0 Å². The molecule has 1 aliphatic rings. The average Bonchev–Trinajstić information content (AvgIpc) is 2.92. The number of nitrogens with zero attached hydrogens (tertiary/aromatic N) is 1. The number of rotatable bonds is 3. The van der Waals surface area contributed by atoms with Gasteiger partial charge in [-0.3, -0.25) is 0 Å². The summed E-state index contributed by atoms with van der Waals surface area (Å²) in [6, 6.07) is 11.1. The minimum atomic E-state index is 0.268. The van der Waals surface area contributed by atoms with Crippen LogP contribution in [0.25, 0.3) is 0 Å². The summed E-state index contributed by atoms with van der Waals surface area (Å²) >= 11 is 15.2. The molecule has 0 N–H and O–H groups in total. The zero-order valence-corrected chi connectivity index (χ0v) is 14.0. The van der Waals surface area contributed by atoms with Gasteiger partial charge in [-0.2, -0.15) is 0 Å². The SMILES string of the molecule is Clc1cccc(Cl)c1C([Se])=NCc1ccc2c(c1)OCO2. The molecule has 0 saturated carbocycles. The van der Waals surface area contributed by atoms with E-state index in [-0.39, 0.29) is 6.79 Å². The molecule has 107 valence electrons. The van der Waals surface area contributed by atoms with Gasteiger partial charge in [0.2, 0.25) is 0 Å². The van der Waals surface area contributed by atoms with Gasteiger partial charge in [-0.15, -0.1) is 0 Å². The minimum absolute atomic E-state index is 0.268. The third-order valence-electron chi connectivity index (χ3n) is 3.02. The van der Waals surface area contributed by atoms with E-state index < -0.39 is 0 Å². The molecular formula is C15H10Cl2NO2Se. The number of halogens is 2. The van der Waals surface area contributed by atoms with Gasteiger partial charge in [0.1, 0.15) is 0 Å². The van der Waals surface area contributed by atoms with Crippen LogP contribution in [0, 0.1) is 0 Å². The van der Waals surface area contributed by atoms with E-state index in [0.29, 0.717) is 21.2 Å². The van der Waals surface area contributed by atoms with Gasteiger partial charge in [0.15, 0.2) is 0 Å². The predicted molar refractivity (Wildman–Crippen MR) is 85.0 cm³/mol. The van der Waals surface area contributed by atoms with Crippen molar-refractivity contribution in [3.63, 3.8) is 0 Å². The standard InChI is InChI=1S/C15H10Cl2NO2Se/c16-10-2-1-3-11(17)14(10)15(21)18-7-9-4-5-12-13(6-9)20-8-19-12/h1-6H,7-8H2. The molecule has 0 aliphatic carbocycles. The Bertz CT molecular complexity index is 699. The van der Waals surface area contributed by atoms with Crippen LogP contribution in [0.15, 0.2) is 41.4 Å². The zero-order valence-electron chi connectivity index (χ0n) is 10.8. The van der Waals surface area contributed by atoms with E-state index in [0.717, 1.165) is 22.6 Å². The van der Waals surface area contributed by atoms with Crippen molar-refractivity contribution in [1.82, 2.24) is 0 Å². The third-order valence-corrected chi connectivity index (χ3v) is 4.35. The average molecular weight is 386 g/mol. The Balaban J connectivity index is 1.82. The molecule has 1 heterocycles. The first-order valence-electron chi connectivity index (χ1n) is 6.19. The van der Waals surface area contributed by atoms with Crippen LogP contribution < -0.4 is 9.47 Å². The van der Waals surface area contributed by atoms with E-state index in [1.807, 2.05) is 18.2 Å². The Hall–Kier alpha value is -1.19. The molecule has 0 bridgehead atoms. The van der Waals surface area contributed by atoms with Gasteiger partial charge in [0, 0.05) is 0 Å². The fourth-order valence-corrected chi connectivity index (χ4v) is 3.41. The molecule has 0 spiro atoms. The summed E-state index contributed by atoms with van der Waals surface area (Å²) in [6.45, 7) is 0.768. The molecule has 2 aromatic carbocycles. The third kappa shape index (κ3) is 3.19. The van der Waals surface area contributed by atoms with E-state index in [1.54, 1.807) is 18.2 Å². The topological polar surface area (TPSA) is 30.8 Å². The van der Waals surface area contributed by atoms with E-state index in [9.17, 15) is 0 Å². The van der Waals surface area contributed by atoms with E-state index in [1.165, 1.54) is 0 Å². The first kappa shape index (κ1) is 14.7. The summed E-state index contributed by atoms with van der Waals surface area (Å²) in [6.07, 6.45) is 0. The van der Waals surface area contributed by atoms with Gasteiger partial charge in [0.05, 0.1) is 0 Å². The number of fused-ring (bicyclic) bond motifs is 1. The molecule has 0 amide bonds. The van der Waals surface area contributed by atoms with Crippen LogP contribution in [-0.2, 0) is 6.54 Å². The van der Waals surface area contributed by atoms with E-state index >= 15 is 0 Å². The Kier molecular flexibility index (Phi) is 4.41. The fourth-order valence-electron chi connectivity index (χ4n) is 1.98. The second kappa shape index (κ2) is 6.29. The van der Waals surface area contributed by atoms with Crippen LogP contribution in [0.4, 0.5) is 0 Å². The van der Waals surface area contributed by atoms with Crippen molar-refractivity contribution in [3.05, 3.63) is 57.6 Å². The normalized spacial score (nSPS) is 13.5. The molecule has 6 heteroatoms. The molecule has 2 aromatic rings. The maximum atomic E-state index is 6.16. The number of ether oxygens (including phenoxy) is 2. The second-order valence-electron chi connectivity index (χ2n) is 4.41. The van der Waals surface area contributed by atoms with Crippen molar-refractivity contribution < 1.29 is 9.47 Å². The zero-order chi connectivity index (χ0) is 14.8.